The Labute approximate surface area is 120 Å². The fourth-order valence-corrected chi connectivity index (χ4v) is 2.96. The Kier molecular flexibility index (Phi) is 4.18. The Morgan fingerprint density at radius 1 is 1.21 bits per heavy atom. The molecule has 5 nitrogen and oxygen atoms in total. The number of aromatic nitrogens is 1. The second kappa shape index (κ2) is 5.68. The van der Waals surface area contributed by atoms with Crippen molar-refractivity contribution in [2.45, 2.75) is 11.6 Å². The number of halogens is 1. The van der Waals surface area contributed by atoms with Gasteiger partial charge in [-0.15, -0.1) is 0 Å². The predicted octanol–water partition coefficient (Wildman–Crippen LogP) is 2.10. The third-order valence-electron chi connectivity index (χ3n) is 2.43. The molecule has 2 rings (SSSR count). The summed E-state index contributed by atoms with van der Waals surface area (Å²) in [6.07, 6.45) is 1.45. The van der Waals surface area contributed by atoms with Crippen molar-refractivity contribution >= 4 is 31.6 Å². The number of anilines is 1. The molecule has 0 radical (unpaired) electrons. The zero-order chi connectivity index (χ0) is 13.9. The molecule has 0 saturated heterocycles. The molecule has 0 aliphatic heterocycles. The number of hydrogen-bond donors (Lipinski definition) is 2. The van der Waals surface area contributed by atoms with E-state index in [1.54, 1.807) is 30.3 Å². The summed E-state index contributed by atoms with van der Waals surface area (Å²) in [7, 11) is -3.69. The molecule has 1 aromatic carbocycles. The van der Waals surface area contributed by atoms with Gasteiger partial charge in [0.1, 0.15) is 0 Å². The molecule has 7 heteroatoms. The summed E-state index contributed by atoms with van der Waals surface area (Å²) >= 11 is 3.28. The average Bonchev–Trinajstić information content (AvgIpc) is 2.41. The lowest BCUT2D eigenvalue weighted by atomic mass is 10.3. The lowest BCUT2D eigenvalue weighted by molar-refractivity contribution is 0.597. The molecule has 0 unspecified atom stereocenters. The second-order valence-electron chi connectivity index (χ2n) is 3.79. The number of benzene rings is 1. The van der Waals surface area contributed by atoms with Gasteiger partial charge in [-0.25, -0.2) is 4.98 Å². The van der Waals surface area contributed by atoms with Gasteiger partial charge in [0.2, 0.25) is 0 Å². The smallest absolute Gasteiger partial charge is 0.279 e. The fraction of sp³-hybridized carbons (Fsp3) is 0.0833. The highest BCUT2D eigenvalue weighted by Gasteiger charge is 2.16. The van der Waals surface area contributed by atoms with Gasteiger partial charge in [0.05, 0.1) is 5.69 Å². The van der Waals surface area contributed by atoms with Crippen LogP contribution in [0.5, 0.6) is 0 Å². The lowest BCUT2D eigenvalue weighted by Gasteiger charge is -2.09. The van der Waals surface area contributed by atoms with Crippen LogP contribution in [0.25, 0.3) is 0 Å². The van der Waals surface area contributed by atoms with Crippen molar-refractivity contribution < 1.29 is 8.42 Å². The van der Waals surface area contributed by atoms with Crippen LogP contribution >= 0.6 is 15.9 Å². The first-order valence-corrected chi connectivity index (χ1v) is 7.73. The third kappa shape index (κ3) is 3.31. The van der Waals surface area contributed by atoms with E-state index in [9.17, 15) is 8.42 Å². The average molecular weight is 342 g/mol. The van der Waals surface area contributed by atoms with Crippen molar-refractivity contribution in [2.24, 2.45) is 5.73 Å². The van der Waals surface area contributed by atoms with E-state index in [0.717, 1.165) is 5.56 Å². The SMILES string of the molecule is NCc1ccc(S(=O)(=O)Nc2ccccc2Br)nc1. The molecule has 0 bridgehead atoms. The van der Waals surface area contributed by atoms with Gasteiger partial charge >= 0.3 is 0 Å². The number of nitrogens with two attached hydrogens (primary N) is 1. The van der Waals surface area contributed by atoms with Crippen molar-refractivity contribution in [3.05, 3.63) is 52.6 Å². The number of nitrogens with zero attached hydrogens (tertiary/aromatic N) is 1. The number of rotatable bonds is 4. The van der Waals surface area contributed by atoms with Crippen LogP contribution in [0.15, 0.2) is 52.1 Å². The van der Waals surface area contributed by atoms with E-state index >= 15 is 0 Å². The molecular weight excluding hydrogens is 330 g/mol. The van der Waals surface area contributed by atoms with Gasteiger partial charge in [0.25, 0.3) is 10.0 Å². The lowest BCUT2D eigenvalue weighted by Crippen LogP contribution is -2.15. The highest BCUT2D eigenvalue weighted by Crippen LogP contribution is 2.23. The van der Waals surface area contributed by atoms with Gasteiger partial charge in [-0.2, -0.15) is 8.42 Å². The highest BCUT2D eigenvalue weighted by atomic mass is 79.9. The minimum absolute atomic E-state index is 0.0412. The largest absolute Gasteiger partial charge is 0.326 e. The first-order chi connectivity index (χ1) is 9.03. The summed E-state index contributed by atoms with van der Waals surface area (Å²) in [4.78, 5) is 3.90. The number of nitrogens with one attached hydrogen (secondary N) is 1. The Morgan fingerprint density at radius 3 is 2.53 bits per heavy atom. The summed E-state index contributed by atoms with van der Waals surface area (Å²) in [6, 6.07) is 10.0. The summed E-state index contributed by atoms with van der Waals surface area (Å²) in [6.45, 7) is 0.324. The third-order valence-corrected chi connectivity index (χ3v) is 4.40. The number of sulfonamides is 1. The Morgan fingerprint density at radius 2 is 1.95 bits per heavy atom. The van der Waals surface area contributed by atoms with Gasteiger partial charge in [-0.05, 0) is 39.7 Å². The molecule has 0 fully saturated rings. The van der Waals surface area contributed by atoms with Gasteiger partial charge in [-0.3, -0.25) is 4.72 Å². The highest BCUT2D eigenvalue weighted by molar-refractivity contribution is 9.10. The van der Waals surface area contributed by atoms with E-state index in [1.165, 1.54) is 12.3 Å². The van der Waals surface area contributed by atoms with E-state index in [2.05, 4.69) is 25.6 Å². The van der Waals surface area contributed by atoms with E-state index in [0.29, 0.717) is 16.7 Å². The van der Waals surface area contributed by atoms with Crippen LogP contribution in [-0.2, 0) is 16.6 Å². The summed E-state index contributed by atoms with van der Waals surface area (Å²) in [5.74, 6) is 0. The van der Waals surface area contributed by atoms with Crippen molar-refractivity contribution in [3.8, 4) is 0 Å². The summed E-state index contributed by atoms with van der Waals surface area (Å²) in [5, 5.41) is -0.0412. The van der Waals surface area contributed by atoms with Crippen molar-refractivity contribution in [3.63, 3.8) is 0 Å². The topological polar surface area (TPSA) is 85.1 Å². The molecule has 0 aliphatic rings. The van der Waals surface area contributed by atoms with E-state index in [4.69, 9.17) is 5.73 Å². The first-order valence-electron chi connectivity index (χ1n) is 5.45. The van der Waals surface area contributed by atoms with Crippen molar-refractivity contribution in [1.82, 2.24) is 4.98 Å². The minimum Gasteiger partial charge on any atom is -0.326 e. The second-order valence-corrected chi connectivity index (χ2v) is 6.28. The molecule has 3 N–H and O–H groups in total. The predicted molar refractivity (Wildman–Crippen MR) is 77.1 cm³/mol. The molecule has 0 saturated carbocycles. The molecule has 1 aromatic heterocycles. The maximum Gasteiger partial charge on any atom is 0.279 e. The van der Waals surface area contributed by atoms with Crippen LogP contribution < -0.4 is 10.5 Å². The van der Waals surface area contributed by atoms with Crippen LogP contribution in [0.4, 0.5) is 5.69 Å². The Hall–Kier alpha value is -1.44. The van der Waals surface area contributed by atoms with Gasteiger partial charge in [0, 0.05) is 17.2 Å². The minimum atomic E-state index is -3.69. The quantitative estimate of drug-likeness (QED) is 0.891. The molecule has 1 heterocycles. The Bertz CT molecular complexity index is 672. The van der Waals surface area contributed by atoms with E-state index in [1.807, 2.05) is 0 Å². The van der Waals surface area contributed by atoms with Gasteiger partial charge < -0.3 is 5.73 Å². The van der Waals surface area contributed by atoms with E-state index in [-0.39, 0.29) is 5.03 Å². The van der Waals surface area contributed by atoms with Crippen LogP contribution in [0.2, 0.25) is 0 Å². The molecule has 0 aliphatic carbocycles. The molecule has 100 valence electrons. The molecule has 2 aromatic rings. The summed E-state index contributed by atoms with van der Waals surface area (Å²) < 4.78 is 27.4. The molecule has 0 amide bonds. The van der Waals surface area contributed by atoms with E-state index < -0.39 is 10.0 Å². The normalized spacial score (nSPS) is 11.3. The molecule has 0 atom stereocenters. The van der Waals surface area contributed by atoms with Crippen LogP contribution in [-0.4, -0.2) is 13.4 Å². The zero-order valence-corrected chi connectivity index (χ0v) is 12.3. The number of para-hydroxylation sites is 1. The monoisotopic (exact) mass is 341 g/mol. The number of pyridine rings is 1. The Balaban J connectivity index is 2.30. The van der Waals surface area contributed by atoms with Crippen LogP contribution in [0, 0.1) is 0 Å². The number of hydrogen-bond acceptors (Lipinski definition) is 4. The molecular formula is C12H12BrN3O2S. The maximum absolute atomic E-state index is 12.1. The van der Waals surface area contributed by atoms with Gasteiger partial charge in [-0.1, -0.05) is 18.2 Å². The molecule has 19 heavy (non-hydrogen) atoms. The zero-order valence-electron chi connectivity index (χ0n) is 9.88. The standard InChI is InChI=1S/C12H12BrN3O2S/c13-10-3-1-2-4-11(10)16-19(17,18)12-6-5-9(7-14)8-15-12/h1-6,8,16H,7,14H2. The summed E-state index contributed by atoms with van der Waals surface area (Å²) in [5.41, 5.74) is 6.68. The van der Waals surface area contributed by atoms with Crippen LogP contribution in [0.3, 0.4) is 0 Å². The first kappa shape index (κ1) is 14.0. The van der Waals surface area contributed by atoms with Crippen molar-refractivity contribution in [1.29, 1.82) is 0 Å². The van der Waals surface area contributed by atoms with Crippen LogP contribution in [0.1, 0.15) is 5.56 Å². The fourth-order valence-electron chi connectivity index (χ4n) is 1.43. The maximum atomic E-state index is 12.1. The van der Waals surface area contributed by atoms with Gasteiger partial charge in [0.15, 0.2) is 5.03 Å². The van der Waals surface area contributed by atoms with Crippen molar-refractivity contribution in [2.75, 3.05) is 4.72 Å². The molecule has 0 spiro atoms.